The summed E-state index contributed by atoms with van der Waals surface area (Å²) in [6.45, 7) is 1.30. The summed E-state index contributed by atoms with van der Waals surface area (Å²) in [5, 5.41) is 4.85. The highest BCUT2D eigenvalue weighted by Gasteiger charge is 2.15. The van der Waals surface area contributed by atoms with Crippen LogP contribution in [0, 0.1) is 0 Å². The van der Waals surface area contributed by atoms with Crippen LogP contribution >= 0.6 is 27.7 Å². The van der Waals surface area contributed by atoms with Gasteiger partial charge in [-0.3, -0.25) is 19.0 Å². The normalized spacial score (nSPS) is 11.0. The predicted molar refractivity (Wildman–Crippen MR) is 146 cm³/mol. The van der Waals surface area contributed by atoms with Crippen LogP contribution in [0.4, 0.5) is 0 Å². The number of hydrogen-bond acceptors (Lipinski definition) is 8. The molecule has 1 aromatic heterocycles. The summed E-state index contributed by atoms with van der Waals surface area (Å²) in [7, 11) is 1.46. The highest BCUT2D eigenvalue weighted by molar-refractivity contribution is 9.10. The molecule has 0 atom stereocenters. The Kier molecular flexibility index (Phi) is 8.36. The Bertz CT molecular complexity index is 1550. The minimum absolute atomic E-state index is 0.0205. The van der Waals surface area contributed by atoms with Gasteiger partial charge in [0, 0.05) is 11.4 Å². The van der Waals surface area contributed by atoms with Crippen LogP contribution in [0.3, 0.4) is 0 Å². The highest BCUT2D eigenvalue weighted by Crippen LogP contribution is 2.27. The Labute approximate surface area is 224 Å². The van der Waals surface area contributed by atoms with E-state index >= 15 is 0 Å². The zero-order chi connectivity index (χ0) is 26.4. The summed E-state index contributed by atoms with van der Waals surface area (Å²) in [6, 6.07) is 19.2. The molecular formula is C26H21BrN4O5S. The van der Waals surface area contributed by atoms with Gasteiger partial charge in [-0.15, -0.1) is 0 Å². The predicted octanol–water partition coefficient (Wildman–Crippen LogP) is 4.32. The smallest absolute Gasteiger partial charge is 0.308 e. The molecule has 1 heterocycles. The van der Waals surface area contributed by atoms with E-state index < -0.39 is 5.97 Å². The number of benzene rings is 3. The van der Waals surface area contributed by atoms with Gasteiger partial charge in [0.15, 0.2) is 16.7 Å². The molecule has 4 aromatic rings. The Balaban J connectivity index is 1.49. The zero-order valence-electron chi connectivity index (χ0n) is 19.8. The van der Waals surface area contributed by atoms with Gasteiger partial charge in [0.25, 0.3) is 11.5 Å². The number of carbonyl (C=O) groups is 2. The molecule has 37 heavy (non-hydrogen) atoms. The fourth-order valence-electron chi connectivity index (χ4n) is 3.37. The largest absolute Gasteiger partial charge is 0.493 e. The molecule has 11 heteroatoms. The first kappa shape index (κ1) is 26.1. The number of halogens is 1. The maximum atomic E-state index is 13.3. The summed E-state index contributed by atoms with van der Waals surface area (Å²) in [4.78, 5) is 41.6. The number of amides is 1. The van der Waals surface area contributed by atoms with Crippen LogP contribution in [-0.4, -0.2) is 40.5 Å². The van der Waals surface area contributed by atoms with Crippen molar-refractivity contribution in [3.05, 3.63) is 87.1 Å². The molecule has 0 unspecified atom stereocenters. The molecule has 0 saturated carbocycles. The molecule has 0 aliphatic rings. The topological polar surface area (TPSA) is 112 Å². The van der Waals surface area contributed by atoms with E-state index in [4.69, 9.17) is 9.47 Å². The number of aromatic nitrogens is 2. The lowest BCUT2D eigenvalue weighted by Gasteiger charge is -2.13. The van der Waals surface area contributed by atoms with E-state index in [-0.39, 0.29) is 23.0 Å². The van der Waals surface area contributed by atoms with Gasteiger partial charge in [0.05, 0.1) is 35.7 Å². The van der Waals surface area contributed by atoms with Crippen molar-refractivity contribution in [3.8, 4) is 17.2 Å². The lowest BCUT2D eigenvalue weighted by molar-refractivity contribution is -0.132. The number of ether oxygens (including phenoxy) is 2. The molecule has 0 saturated heterocycles. The zero-order valence-corrected chi connectivity index (χ0v) is 22.2. The van der Waals surface area contributed by atoms with E-state index in [1.54, 1.807) is 48.5 Å². The minimum Gasteiger partial charge on any atom is -0.493 e. The fraction of sp³-hybridized carbons (Fsp3) is 0.115. The maximum absolute atomic E-state index is 13.3. The van der Waals surface area contributed by atoms with Crippen LogP contribution in [0.5, 0.6) is 11.5 Å². The second kappa shape index (κ2) is 11.8. The molecule has 1 amide bonds. The molecular weight excluding hydrogens is 560 g/mol. The highest BCUT2D eigenvalue weighted by atomic mass is 79.9. The van der Waals surface area contributed by atoms with Crippen molar-refractivity contribution in [1.29, 1.82) is 0 Å². The van der Waals surface area contributed by atoms with Crippen molar-refractivity contribution in [2.45, 2.75) is 12.1 Å². The molecule has 0 radical (unpaired) electrons. The van der Waals surface area contributed by atoms with Crippen molar-refractivity contribution in [2.75, 3.05) is 12.9 Å². The van der Waals surface area contributed by atoms with Crippen LogP contribution in [0.2, 0.25) is 0 Å². The maximum Gasteiger partial charge on any atom is 0.308 e. The SMILES string of the molecule is COc1cc(/C=N\NC(=O)CSc2nc3ccccc3c(=O)n2-c2ccc(Br)cc2)ccc1OC(C)=O. The number of nitrogens with one attached hydrogen (secondary N) is 1. The van der Waals surface area contributed by atoms with Crippen LogP contribution in [0.25, 0.3) is 16.6 Å². The summed E-state index contributed by atoms with van der Waals surface area (Å²) < 4.78 is 12.7. The second-order valence-electron chi connectivity index (χ2n) is 7.61. The van der Waals surface area contributed by atoms with Crippen molar-refractivity contribution >= 4 is 56.7 Å². The molecule has 3 aromatic carbocycles. The molecule has 0 aliphatic heterocycles. The number of thioether (sulfide) groups is 1. The number of rotatable bonds is 8. The molecule has 0 aliphatic carbocycles. The standard InChI is InChI=1S/C26H21BrN4O5S/c1-16(32)36-22-12-7-17(13-23(22)35-2)14-28-30-24(33)15-37-26-29-21-6-4-3-5-20(21)25(34)31(26)19-10-8-18(27)9-11-19/h3-14H,15H2,1-2H3,(H,30,33)/b28-14-. The van der Waals surface area contributed by atoms with E-state index in [9.17, 15) is 14.4 Å². The molecule has 0 fully saturated rings. The average molecular weight is 581 g/mol. The number of esters is 1. The molecule has 188 valence electrons. The third-order valence-corrected chi connectivity index (χ3v) is 6.47. The van der Waals surface area contributed by atoms with Gasteiger partial charge in [0.1, 0.15) is 0 Å². The summed E-state index contributed by atoms with van der Waals surface area (Å²) in [5.41, 5.74) is 4.06. The average Bonchev–Trinajstić information content (AvgIpc) is 2.89. The number of nitrogens with zero attached hydrogens (tertiary/aromatic N) is 3. The van der Waals surface area contributed by atoms with E-state index in [2.05, 4.69) is 31.4 Å². The fourth-order valence-corrected chi connectivity index (χ4v) is 4.44. The van der Waals surface area contributed by atoms with Gasteiger partial charge in [0.2, 0.25) is 0 Å². The summed E-state index contributed by atoms with van der Waals surface area (Å²) in [6.07, 6.45) is 1.44. The van der Waals surface area contributed by atoms with Crippen molar-refractivity contribution < 1.29 is 19.1 Å². The van der Waals surface area contributed by atoms with Gasteiger partial charge < -0.3 is 9.47 Å². The third-order valence-electron chi connectivity index (χ3n) is 5.01. The number of fused-ring (bicyclic) bond motifs is 1. The van der Waals surface area contributed by atoms with Crippen LogP contribution in [0.1, 0.15) is 12.5 Å². The monoisotopic (exact) mass is 580 g/mol. The number of hydrogen-bond donors (Lipinski definition) is 1. The number of carbonyl (C=O) groups excluding carboxylic acids is 2. The first-order chi connectivity index (χ1) is 17.9. The lowest BCUT2D eigenvalue weighted by atomic mass is 10.2. The Morgan fingerprint density at radius 3 is 2.59 bits per heavy atom. The quantitative estimate of drug-likeness (QED) is 0.0824. The molecule has 1 N–H and O–H groups in total. The molecule has 4 rings (SSSR count). The van der Waals surface area contributed by atoms with Crippen molar-refractivity contribution in [3.63, 3.8) is 0 Å². The minimum atomic E-state index is -0.462. The molecule has 0 spiro atoms. The van der Waals surface area contributed by atoms with E-state index in [1.165, 1.54) is 24.8 Å². The van der Waals surface area contributed by atoms with Crippen LogP contribution < -0.4 is 20.5 Å². The van der Waals surface area contributed by atoms with E-state index in [0.29, 0.717) is 33.1 Å². The first-order valence-corrected chi connectivity index (χ1v) is 12.7. The Hall–Kier alpha value is -3.96. The number of para-hydroxylation sites is 1. The van der Waals surface area contributed by atoms with Gasteiger partial charge in [-0.2, -0.15) is 5.10 Å². The van der Waals surface area contributed by atoms with Crippen LogP contribution in [0.15, 0.2) is 86.3 Å². The Morgan fingerprint density at radius 2 is 1.86 bits per heavy atom. The first-order valence-electron chi connectivity index (χ1n) is 10.9. The lowest BCUT2D eigenvalue weighted by Crippen LogP contribution is -2.24. The van der Waals surface area contributed by atoms with E-state index in [0.717, 1.165) is 16.2 Å². The van der Waals surface area contributed by atoms with Crippen molar-refractivity contribution in [1.82, 2.24) is 15.0 Å². The second-order valence-corrected chi connectivity index (χ2v) is 9.47. The third kappa shape index (κ3) is 6.43. The van der Waals surface area contributed by atoms with Gasteiger partial charge >= 0.3 is 5.97 Å². The number of hydrazone groups is 1. The van der Waals surface area contributed by atoms with Crippen molar-refractivity contribution in [2.24, 2.45) is 5.10 Å². The molecule has 9 nitrogen and oxygen atoms in total. The Morgan fingerprint density at radius 1 is 1.11 bits per heavy atom. The van der Waals surface area contributed by atoms with Gasteiger partial charge in [-0.1, -0.05) is 39.8 Å². The van der Waals surface area contributed by atoms with Crippen LogP contribution in [-0.2, 0) is 9.59 Å². The number of methoxy groups -OCH3 is 1. The van der Waals surface area contributed by atoms with Gasteiger partial charge in [-0.05, 0) is 60.2 Å². The molecule has 0 bridgehead atoms. The van der Waals surface area contributed by atoms with E-state index in [1.807, 2.05) is 18.2 Å². The van der Waals surface area contributed by atoms with Gasteiger partial charge in [-0.25, -0.2) is 10.4 Å². The summed E-state index contributed by atoms with van der Waals surface area (Å²) >= 11 is 4.53. The summed E-state index contributed by atoms with van der Waals surface area (Å²) in [5.74, 6) is -0.222.